The standard InChI is InChI=1S/C16H15IN2O3/c17-12-5-4-6-13(9-12)19-15(20)10-18-16(21)11-22-14-7-2-1-3-8-14/h1-9H,10-11H2,(H,18,21)(H,19,20). The van der Waals surface area contributed by atoms with E-state index >= 15 is 0 Å². The van der Waals surface area contributed by atoms with Crippen molar-refractivity contribution in [1.82, 2.24) is 5.32 Å². The number of carbonyl (C=O) groups is 2. The van der Waals surface area contributed by atoms with E-state index in [0.717, 1.165) is 3.57 Å². The molecule has 0 unspecified atom stereocenters. The average molecular weight is 410 g/mol. The van der Waals surface area contributed by atoms with Crippen molar-refractivity contribution in [2.24, 2.45) is 0 Å². The van der Waals surface area contributed by atoms with Crippen LogP contribution in [0.2, 0.25) is 0 Å². The fourth-order valence-corrected chi connectivity index (χ4v) is 2.21. The van der Waals surface area contributed by atoms with Crippen LogP contribution in [0.1, 0.15) is 0 Å². The fraction of sp³-hybridized carbons (Fsp3) is 0.125. The van der Waals surface area contributed by atoms with E-state index in [-0.39, 0.29) is 25.0 Å². The maximum atomic E-state index is 11.7. The van der Waals surface area contributed by atoms with E-state index in [1.165, 1.54) is 0 Å². The predicted molar refractivity (Wildman–Crippen MR) is 92.7 cm³/mol. The Kier molecular flexibility index (Phi) is 6.20. The van der Waals surface area contributed by atoms with Gasteiger partial charge in [-0.1, -0.05) is 24.3 Å². The third kappa shape index (κ3) is 5.72. The van der Waals surface area contributed by atoms with Crippen molar-refractivity contribution in [3.05, 3.63) is 58.2 Å². The number of amides is 2. The zero-order chi connectivity index (χ0) is 15.8. The number of anilines is 1. The molecule has 0 heterocycles. The highest BCUT2D eigenvalue weighted by Gasteiger charge is 2.07. The minimum atomic E-state index is -0.346. The molecule has 0 saturated carbocycles. The van der Waals surface area contributed by atoms with Crippen molar-refractivity contribution < 1.29 is 14.3 Å². The molecule has 2 rings (SSSR count). The third-order valence-electron chi connectivity index (χ3n) is 2.67. The van der Waals surface area contributed by atoms with E-state index in [1.54, 1.807) is 18.2 Å². The number of halogens is 1. The Morgan fingerprint density at radius 3 is 2.50 bits per heavy atom. The minimum absolute atomic E-state index is 0.0948. The molecular weight excluding hydrogens is 395 g/mol. The van der Waals surface area contributed by atoms with Gasteiger partial charge >= 0.3 is 0 Å². The summed E-state index contributed by atoms with van der Waals surface area (Å²) >= 11 is 2.16. The summed E-state index contributed by atoms with van der Waals surface area (Å²) in [5.74, 6) is -0.0160. The number of para-hydroxylation sites is 1. The molecule has 0 fully saturated rings. The number of carbonyl (C=O) groups excluding carboxylic acids is 2. The Hall–Kier alpha value is -2.09. The molecule has 0 aliphatic carbocycles. The SMILES string of the molecule is O=C(COc1ccccc1)NCC(=O)Nc1cccc(I)c1. The summed E-state index contributed by atoms with van der Waals surface area (Å²) in [6.45, 7) is -0.219. The van der Waals surface area contributed by atoms with E-state index in [9.17, 15) is 9.59 Å². The Balaban J connectivity index is 1.70. The predicted octanol–water partition coefficient (Wildman–Crippen LogP) is 2.42. The molecule has 2 amide bonds. The van der Waals surface area contributed by atoms with Gasteiger partial charge in [0.2, 0.25) is 5.91 Å². The van der Waals surface area contributed by atoms with Gasteiger partial charge in [0.1, 0.15) is 5.75 Å². The summed E-state index contributed by atoms with van der Waals surface area (Å²) < 4.78 is 6.31. The van der Waals surface area contributed by atoms with Gasteiger partial charge in [-0.05, 0) is 52.9 Å². The fourth-order valence-electron chi connectivity index (χ4n) is 1.67. The van der Waals surface area contributed by atoms with Crippen LogP contribution in [-0.2, 0) is 9.59 Å². The van der Waals surface area contributed by atoms with Crippen LogP contribution in [0, 0.1) is 3.57 Å². The molecule has 114 valence electrons. The third-order valence-corrected chi connectivity index (χ3v) is 3.34. The van der Waals surface area contributed by atoms with Crippen LogP contribution >= 0.6 is 22.6 Å². The highest BCUT2D eigenvalue weighted by Crippen LogP contribution is 2.12. The molecule has 0 aromatic heterocycles. The highest BCUT2D eigenvalue weighted by molar-refractivity contribution is 14.1. The lowest BCUT2D eigenvalue weighted by molar-refractivity contribution is -0.125. The first-order valence-corrected chi connectivity index (χ1v) is 7.71. The normalized spacial score (nSPS) is 9.86. The largest absolute Gasteiger partial charge is 0.484 e. The molecule has 0 spiro atoms. The Labute approximate surface area is 142 Å². The maximum absolute atomic E-state index is 11.7. The number of rotatable bonds is 6. The first-order chi connectivity index (χ1) is 10.6. The van der Waals surface area contributed by atoms with Gasteiger partial charge in [0.25, 0.3) is 5.91 Å². The van der Waals surface area contributed by atoms with Crippen molar-refractivity contribution in [3.63, 3.8) is 0 Å². The second kappa shape index (κ2) is 8.38. The summed E-state index contributed by atoms with van der Waals surface area (Å²) in [7, 11) is 0. The van der Waals surface area contributed by atoms with Gasteiger partial charge in [0.05, 0.1) is 6.54 Å². The maximum Gasteiger partial charge on any atom is 0.258 e. The zero-order valence-electron chi connectivity index (χ0n) is 11.7. The topological polar surface area (TPSA) is 67.4 Å². The lowest BCUT2D eigenvalue weighted by atomic mass is 10.3. The Morgan fingerprint density at radius 2 is 1.77 bits per heavy atom. The smallest absolute Gasteiger partial charge is 0.258 e. The Morgan fingerprint density at radius 1 is 1.00 bits per heavy atom. The van der Waals surface area contributed by atoms with Crippen molar-refractivity contribution in [2.45, 2.75) is 0 Å². The van der Waals surface area contributed by atoms with E-state index in [4.69, 9.17) is 4.74 Å². The van der Waals surface area contributed by atoms with Crippen molar-refractivity contribution >= 4 is 40.1 Å². The van der Waals surface area contributed by atoms with Gasteiger partial charge in [-0.25, -0.2) is 0 Å². The van der Waals surface area contributed by atoms with Crippen LogP contribution in [0.3, 0.4) is 0 Å². The van der Waals surface area contributed by atoms with E-state index in [1.807, 2.05) is 36.4 Å². The summed E-state index contributed by atoms with van der Waals surface area (Å²) in [4.78, 5) is 23.3. The molecule has 6 heteroatoms. The van der Waals surface area contributed by atoms with Gasteiger partial charge in [-0.3, -0.25) is 9.59 Å². The molecule has 2 aromatic rings. The summed E-state index contributed by atoms with van der Waals surface area (Å²) in [6.07, 6.45) is 0. The van der Waals surface area contributed by atoms with E-state index in [2.05, 4.69) is 33.2 Å². The number of ether oxygens (including phenoxy) is 1. The average Bonchev–Trinajstić information content (AvgIpc) is 2.52. The summed E-state index contributed by atoms with van der Waals surface area (Å²) in [5, 5.41) is 5.22. The van der Waals surface area contributed by atoms with Crippen LogP contribution < -0.4 is 15.4 Å². The monoisotopic (exact) mass is 410 g/mol. The molecule has 0 aliphatic heterocycles. The number of benzene rings is 2. The molecule has 0 radical (unpaired) electrons. The molecular formula is C16H15IN2O3. The van der Waals surface area contributed by atoms with Crippen molar-refractivity contribution in [1.29, 1.82) is 0 Å². The number of hydrogen-bond donors (Lipinski definition) is 2. The van der Waals surface area contributed by atoms with Gasteiger partial charge in [-0.2, -0.15) is 0 Å². The molecule has 22 heavy (non-hydrogen) atoms. The van der Waals surface area contributed by atoms with Gasteiger partial charge in [-0.15, -0.1) is 0 Å². The molecule has 2 aromatic carbocycles. The van der Waals surface area contributed by atoms with Crippen molar-refractivity contribution in [3.8, 4) is 5.75 Å². The molecule has 0 aliphatic rings. The van der Waals surface area contributed by atoms with Crippen LogP contribution in [0.4, 0.5) is 5.69 Å². The summed E-state index contributed by atoms with van der Waals surface area (Å²) in [5.41, 5.74) is 0.701. The van der Waals surface area contributed by atoms with Crippen LogP contribution in [0.15, 0.2) is 54.6 Å². The molecule has 0 saturated heterocycles. The lowest BCUT2D eigenvalue weighted by Gasteiger charge is -2.08. The molecule has 5 nitrogen and oxygen atoms in total. The van der Waals surface area contributed by atoms with Crippen LogP contribution in [0.5, 0.6) is 5.75 Å². The summed E-state index contributed by atoms with van der Waals surface area (Å²) in [6, 6.07) is 16.4. The van der Waals surface area contributed by atoms with Gasteiger partial charge in [0.15, 0.2) is 6.61 Å². The highest BCUT2D eigenvalue weighted by atomic mass is 127. The number of hydrogen-bond acceptors (Lipinski definition) is 3. The second-order valence-corrected chi connectivity index (χ2v) is 5.68. The second-order valence-electron chi connectivity index (χ2n) is 4.44. The van der Waals surface area contributed by atoms with Crippen LogP contribution in [0.25, 0.3) is 0 Å². The van der Waals surface area contributed by atoms with E-state index < -0.39 is 0 Å². The molecule has 2 N–H and O–H groups in total. The number of nitrogens with one attached hydrogen (secondary N) is 2. The minimum Gasteiger partial charge on any atom is -0.484 e. The first kappa shape index (κ1) is 16.3. The van der Waals surface area contributed by atoms with Crippen molar-refractivity contribution in [2.75, 3.05) is 18.5 Å². The molecule has 0 atom stereocenters. The van der Waals surface area contributed by atoms with Crippen LogP contribution in [-0.4, -0.2) is 25.0 Å². The zero-order valence-corrected chi connectivity index (χ0v) is 13.9. The first-order valence-electron chi connectivity index (χ1n) is 6.63. The lowest BCUT2D eigenvalue weighted by Crippen LogP contribution is -2.35. The quantitative estimate of drug-likeness (QED) is 0.719. The van der Waals surface area contributed by atoms with Gasteiger partial charge < -0.3 is 15.4 Å². The van der Waals surface area contributed by atoms with E-state index in [0.29, 0.717) is 11.4 Å². The Bertz CT molecular complexity index is 647. The van der Waals surface area contributed by atoms with Gasteiger partial charge in [0, 0.05) is 9.26 Å². The molecule has 0 bridgehead atoms.